The van der Waals surface area contributed by atoms with Gasteiger partial charge in [0.15, 0.2) is 0 Å². The van der Waals surface area contributed by atoms with Crippen molar-refractivity contribution in [3.05, 3.63) is 65.0 Å². The van der Waals surface area contributed by atoms with Gasteiger partial charge in [0.1, 0.15) is 23.2 Å². The van der Waals surface area contributed by atoms with Crippen LogP contribution < -0.4 is 10.5 Å². The smallest absolute Gasteiger partial charge is 0.126 e. The van der Waals surface area contributed by atoms with Gasteiger partial charge in [-0.05, 0) is 30.2 Å². The van der Waals surface area contributed by atoms with Gasteiger partial charge in [0, 0.05) is 11.6 Å². The summed E-state index contributed by atoms with van der Waals surface area (Å²) < 4.78 is 18.7. The number of ether oxygens (including phenoxy) is 1. The van der Waals surface area contributed by atoms with Crippen molar-refractivity contribution >= 4 is 17.2 Å². The molecule has 2 nitrogen and oxygen atoms in total. The number of nitrogens with two attached hydrogens (primary N) is 1. The van der Waals surface area contributed by atoms with Gasteiger partial charge in [-0.1, -0.05) is 36.5 Å². The molecule has 2 aromatic carbocycles. The number of hydrogen-bond acceptors (Lipinski definition) is 2. The van der Waals surface area contributed by atoms with Gasteiger partial charge in [0.25, 0.3) is 0 Å². The van der Waals surface area contributed by atoms with E-state index in [1.54, 1.807) is 6.07 Å². The Hall–Kier alpha value is -1.94. The zero-order valence-electron chi connectivity index (χ0n) is 10.5. The second-order valence-corrected chi connectivity index (χ2v) is 4.70. The van der Waals surface area contributed by atoms with Crippen LogP contribution in [0.4, 0.5) is 4.39 Å². The predicted octanol–water partition coefficient (Wildman–Crippen LogP) is 3.35. The molecule has 19 heavy (non-hydrogen) atoms. The molecule has 0 radical (unpaired) electrons. The molecule has 0 saturated heterocycles. The van der Waals surface area contributed by atoms with E-state index >= 15 is 0 Å². The third-order valence-electron chi connectivity index (χ3n) is 2.76. The summed E-state index contributed by atoms with van der Waals surface area (Å²) in [6.45, 7) is 2.22. The van der Waals surface area contributed by atoms with Crippen LogP contribution in [-0.4, -0.2) is 4.99 Å². The Labute approximate surface area is 117 Å². The number of aryl methyl sites for hydroxylation is 1. The molecule has 4 heteroatoms. The van der Waals surface area contributed by atoms with Crippen molar-refractivity contribution in [3.8, 4) is 5.75 Å². The van der Waals surface area contributed by atoms with Gasteiger partial charge in [-0.3, -0.25) is 0 Å². The monoisotopic (exact) mass is 275 g/mol. The zero-order valence-corrected chi connectivity index (χ0v) is 11.3. The highest BCUT2D eigenvalue weighted by molar-refractivity contribution is 7.80. The first-order valence-electron chi connectivity index (χ1n) is 5.84. The maximum atomic E-state index is 13.1. The van der Waals surface area contributed by atoms with Crippen molar-refractivity contribution in [2.45, 2.75) is 13.5 Å². The Morgan fingerprint density at radius 3 is 2.79 bits per heavy atom. The normalized spacial score (nSPS) is 10.2. The molecule has 0 aliphatic heterocycles. The van der Waals surface area contributed by atoms with E-state index in [0.717, 1.165) is 16.7 Å². The minimum Gasteiger partial charge on any atom is -0.489 e. The van der Waals surface area contributed by atoms with Crippen LogP contribution in [0.3, 0.4) is 0 Å². The quantitative estimate of drug-likeness (QED) is 0.869. The summed E-state index contributed by atoms with van der Waals surface area (Å²) in [5, 5.41) is 0. The van der Waals surface area contributed by atoms with Gasteiger partial charge in [-0.25, -0.2) is 4.39 Å². The largest absolute Gasteiger partial charge is 0.489 e. The average molecular weight is 275 g/mol. The van der Waals surface area contributed by atoms with Gasteiger partial charge >= 0.3 is 0 Å². The standard InChI is InChI=1S/C15H14FNOS/c1-10-5-6-13(16)8-14(10)18-9-11-3-2-4-12(7-11)15(17)19/h2-8H,9H2,1H3,(H2,17,19). The lowest BCUT2D eigenvalue weighted by Crippen LogP contribution is -2.09. The molecule has 0 unspecified atom stereocenters. The molecule has 0 saturated carbocycles. The molecule has 0 atom stereocenters. The van der Waals surface area contributed by atoms with E-state index in [4.69, 9.17) is 22.7 Å². The van der Waals surface area contributed by atoms with Crippen molar-refractivity contribution in [2.24, 2.45) is 5.73 Å². The summed E-state index contributed by atoms with van der Waals surface area (Å²) in [6, 6.07) is 12.0. The number of thiocarbonyl (C=S) groups is 1. The van der Waals surface area contributed by atoms with Crippen LogP contribution in [0.5, 0.6) is 5.75 Å². The van der Waals surface area contributed by atoms with Crippen LogP contribution in [0.15, 0.2) is 42.5 Å². The number of rotatable bonds is 4. The third kappa shape index (κ3) is 3.51. The van der Waals surface area contributed by atoms with E-state index in [0.29, 0.717) is 17.3 Å². The van der Waals surface area contributed by atoms with E-state index in [1.807, 2.05) is 31.2 Å². The molecule has 2 rings (SSSR count). The molecule has 0 bridgehead atoms. The van der Waals surface area contributed by atoms with Crippen LogP contribution in [0.2, 0.25) is 0 Å². The Kier molecular flexibility index (Phi) is 4.12. The average Bonchev–Trinajstić information content (AvgIpc) is 2.40. The molecular formula is C15H14FNOS. The summed E-state index contributed by atoms with van der Waals surface area (Å²) in [5.41, 5.74) is 8.21. The molecule has 0 fully saturated rings. The molecule has 0 amide bonds. The van der Waals surface area contributed by atoms with Crippen LogP contribution in [-0.2, 0) is 6.61 Å². The molecule has 2 N–H and O–H groups in total. The molecule has 0 aromatic heterocycles. The van der Waals surface area contributed by atoms with Gasteiger partial charge in [-0.2, -0.15) is 0 Å². The van der Waals surface area contributed by atoms with Crippen molar-refractivity contribution in [1.29, 1.82) is 0 Å². The molecule has 0 spiro atoms. The van der Waals surface area contributed by atoms with Crippen LogP contribution in [0, 0.1) is 12.7 Å². The van der Waals surface area contributed by atoms with E-state index in [-0.39, 0.29) is 5.82 Å². The minimum atomic E-state index is -0.308. The minimum absolute atomic E-state index is 0.308. The van der Waals surface area contributed by atoms with Crippen molar-refractivity contribution in [3.63, 3.8) is 0 Å². The van der Waals surface area contributed by atoms with Crippen LogP contribution in [0.1, 0.15) is 16.7 Å². The molecule has 0 heterocycles. The molecule has 2 aromatic rings. The number of halogens is 1. The van der Waals surface area contributed by atoms with Crippen molar-refractivity contribution < 1.29 is 9.13 Å². The lowest BCUT2D eigenvalue weighted by molar-refractivity contribution is 0.302. The van der Waals surface area contributed by atoms with Gasteiger partial charge in [0.05, 0.1) is 0 Å². The highest BCUT2D eigenvalue weighted by atomic mass is 32.1. The summed E-state index contributed by atoms with van der Waals surface area (Å²) in [4.78, 5) is 0.351. The van der Waals surface area contributed by atoms with E-state index in [1.165, 1.54) is 12.1 Å². The second kappa shape index (κ2) is 5.80. The number of hydrogen-bond donors (Lipinski definition) is 1. The molecule has 0 aliphatic carbocycles. The highest BCUT2D eigenvalue weighted by Gasteiger charge is 2.03. The van der Waals surface area contributed by atoms with E-state index < -0.39 is 0 Å². The van der Waals surface area contributed by atoms with Crippen LogP contribution >= 0.6 is 12.2 Å². The fourth-order valence-electron chi connectivity index (χ4n) is 1.70. The third-order valence-corrected chi connectivity index (χ3v) is 2.99. The lowest BCUT2D eigenvalue weighted by atomic mass is 10.1. The maximum absolute atomic E-state index is 13.1. The number of benzene rings is 2. The summed E-state index contributed by atoms with van der Waals surface area (Å²) in [7, 11) is 0. The lowest BCUT2D eigenvalue weighted by Gasteiger charge is -2.10. The fraction of sp³-hybridized carbons (Fsp3) is 0.133. The first kappa shape index (κ1) is 13.5. The fourth-order valence-corrected chi connectivity index (χ4v) is 1.83. The maximum Gasteiger partial charge on any atom is 0.126 e. The van der Waals surface area contributed by atoms with Crippen LogP contribution in [0.25, 0.3) is 0 Å². The van der Waals surface area contributed by atoms with Crippen molar-refractivity contribution in [1.82, 2.24) is 0 Å². The molecular weight excluding hydrogens is 261 g/mol. The summed E-state index contributed by atoms with van der Waals surface area (Å²) in [6.07, 6.45) is 0. The Morgan fingerprint density at radius 1 is 1.26 bits per heavy atom. The predicted molar refractivity (Wildman–Crippen MR) is 77.8 cm³/mol. The first-order valence-corrected chi connectivity index (χ1v) is 6.25. The zero-order chi connectivity index (χ0) is 13.8. The van der Waals surface area contributed by atoms with E-state index in [9.17, 15) is 4.39 Å². The highest BCUT2D eigenvalue weighted by Crippen LogP contribution is 2.20. The summed E-state index contributed by atoms with van der Waals surface area (Å²) in [5.74, 6) is 0.234. The van der Waals surface area contributed by atoms with E-state index in [2.05, 4.69) is 0 Å². The van der Waals surface area contributed by atoms with Crippen molar-refractivity contribution in [2.75, 3.05) is 0 Å². The second-order valence-electron chi connectivity index (χ2n) is 4.26. The van der Waals surface area contributed by atoms with Gasteiger partial charge in [0.2, 0.25) is 0 Å². The Balaban J connectivity index is 2.12. The summed E-state index contributed by atoms with van der Waals surface area (Å²) >= 11 is 4.92. The topological polar surface area (TPSA) is 35.2 Å². The Morgan fingerprint density at radius 2 is 2.05 bits per heavy atom. The Bertz CT molecular complexity index is 613. The SMILES string of the molecule is Cc1ccc(F)cc1OCc1cccc(C(N)=S)c1. The first-order chi connectivity index (χ1) is 9.06. The molecule has 0 aliphatic rings. The van der Waals surface area contributed by atoms with Gasteiger partial charge < -0.3 is 10.5 Å². The van der Waals surface area contributed by atoms with Gasteiger partial charge in [-0.15, -0.1) is 0 Å². The molecule has 98 valence electrons.